The molecule has 2 aromatic carbocycles. The highest BCUT2D eigenvalue weighted by molar-refractivity contribution is 8.15. The van der Waals surface area contributed by atoms with Crippen LogP contribution in [0.2, 0.25) is 5.02 Å². The van der Waals surface area contributed by atoms with E-state index in [1.165, 1.54) is 11.8 Å². The van der Waals surface area contributed by atoms with Crippen LogP contribution in [-0.2, 0) is 11.3 Å². The van der Waals surface area contributed by atoms with Crippen LogP contribution < -0.4 is 5.32 Å². The number of fused-ring (bicyclic) bond motifs is 1. The van der Waals surface area contributed by atoms with Crippen molar-refractivity contribution >= 4 is 40.1 Å². The molecule has 0 saturated heterocycles. The van der Waals surface area contributed by atoms with E-state index in [1.807, 2.05) is 42.5 Å². The second-order valence-electron chi connectivity index (χ2n) is 7.72. The summed E-state index contributed by atoms with van der Waals surface area (Å²) in [6.07, 6.45) is -1.75. The van der Waals surface area contributed by atoms with Crippen LogP contribution in [0.25, 0.3) is 0 Å². The Balaban J connectivity index is 1.48. The van der Waals surface area contributed by atoms with Crippen LogP contribution in [0.5, 0.6) is 0 Å². The quantitative estimate of drug-likeness (QED) is 0.673. The van der Waals surface area contributed by atoms with Gasteiger partial charge in [0, 0.05) is 29.6 Å². The predicted molar refractivity (Wildman–Crippen MR) is 121 cm³/mol. The average Bonchev–Trinajstić information content (AvgIpc) is 3.16. The minimum absolute atomic E-state index is 0.0461. The predicted octanol–water partition coefficient (Wildman–Crippen LogP) is 2.99. The third kappa shape index (κ3) is 4.49. The van der Waals surface area contributed by atoms with Crippen LogP contribution in [-0.4, -0.2) is 56.7 Å². The van der Waals surface area contributed by atoms with Crippen molar-refractivity contribution in [3.63, 3.8) is 0 Å². The van der Waals surface area contributed by atoms with E-state index >= 15 is 0 Å². The van der Waals surface area contributed by atoms with Gasteiger partial charge in [-0.05, 0) is 36.2 Å². The third-order valence-electron chi connectivity index (χ3n) is 5.54. The molecule has 1 heterocycles. The maximum absolute atomic E-state index is 13.2. The molecule has 1 aliphatic carbocycles. The first kappa shape index (κ1) is 21.2. The molecule has 1 aliphatic heterocycles. The summed E-state index contributed by atoms with van der Waals surface area (Å²) < 4.78 is 0. The van der Waals surface area contributed by atoms with E-state index in [0.29, 0.717) is 16.7 Å². The zero-order valence-electron chi connectivity index (χ0n) is 16.5. The maximum Gasteiger partial charge on any atom is 0.227 e. The molecule has 0 unspecified atom stereocenters. The number of amidine groups is 1. The number of halogens is 1. The number of nitrogens with one attached hydrogen (secondary N) is 1. The van der Waals surface area contributed by atoms with Gasteiger partial charge in [-0.2, -0.15) is 0 Å². The van der Waals surface area contributed by atoms with E-state index in [1.54, 1.807) is 24.1 Å². The summed E-state index contributed by atoms with van der Waals surface area (Å²) in [5.41, 5.74) is 1.87. The van der Waals surface area contributed by atoms with Gasteiger partial charge >= 0.3 is 0 Å². The Morgan fingerprint density at radius 2 is 1.90 bits per heavy atom. The van der Waals surface area contributed by atoms with E-state index in [2.05, 4.69) is 10.3 Å². The van der Waals surface area contributed by atoms with Crippen molar-refractivity contribution in [3.8, 4) is 0 Å². The molecule has 2 aromatic rings. The van der Waals surface area contributed by atoms with Crippen molar-refractivity contribution in [2.24, 2.45) is 10.9 Å². The standard InChI is InChI=1S/C22H24ClN3O3S/c1-26(12-13-5-3-2-4-6-13)21(29)16-11-17(27)19(28)18-20(16)30-22(25-18)24-15-9-7-14(23)8-10-15/h2-10,16-20,27-28H,11-12H2,1H3,(H,24,25)/t16-,17-,18-,19+,20-/m1/s1. The molecule has 2 aliphatic rings. The van der Waals surface area contributed by atoms with Crippen LogP contribution in [0.3, 0.4) is 0 Å². The van der Waals surface area contributed by atoms with Gasteiger partial charge in [0.1, 0.15) is 6.10 Å². The fraction of sp³-hybridized carbons (Fsp3) is 0.364. The number of hydrogen-bond donors (Lipinski definition) is 3. The number of thioether (sulfide) groups is 1. The number of carbonyl (C=O) groups is 1. The monoisotopic (exact) mass is 445 g/mol. The van der Waals surface area contributed by atoms with Crippen LogP contribution in [0.4, 0.5) is 5.69 Å². The summed E-state index contributed by atoms with van der Waals surface area (Å²) in [6.45, 7) is 0.494. The second-order valence-corrected chi connectivity index (χ2v) is 9.32. The lowest BCUT2D eigenvalue weighted by molar-refractivity contribution is -0.139. The Kier molecular flexibility index (Phi) is 6.34. The molecule has 0 bridgehead atoms. The average molecular weight is 446 g/mol. The lowest BCUT2D eigenvalue weighted by Crippen LogP contribution is -2.54. The lowest BCUT2D eigenvalue weighted by Gasteiger charge is -2.38. The number of hydrogen-bond acceptors (Lipinski definition) is 6. The number of aliphatic imine (C=N–C) groups is 1. The Morgan fingerprint density at radius 1 is 1.20 bits per heavy atom. The minimum atomic E-state index is -0.990. The van der Waals surface area contributed by atoms with Gasteiger partial charge in [0.25, 0.3) is 0 Å². The number of rotatable bonds is 4. The summed E-state index contributed by atoms with van der Waals surface area (Å²) in [4.78, 5) is 19.5. The molecule has 5 atom stereocenters. The summed E-state index contributed by atoms with van der Waals surface area (Å²) in [5.74, 6) is -0.476. The summed E-state index contributed by atoms with van der Waals surface area (Å²) in [5, 5.41) is 25.1. The minimum Gasteiger partial charge on any atom is -0.390 e. The van der Waals surface area contributed by atoms with E-state index < -0.39 is 24.2 Å². The molecular weight excluding hydrogens is 422 g/mol. The normalized spacial score (nSPS) is 27.9. The molecule has 0 spiro atoms. The Labute approximate surface area is 185 Å². The molecule has 30 heavy (non-hydrogen) atoms. The van der Waals surface area contributed by atoms with Crippen molar-refractivity contribution in [2.75, 3.05) is 12.4 Å². The van der Waals surface area contributed by atoms with Crippen molar-refractivity contribution in [1.82, 2.24) is 4.90 Å². The third-order valence-corrected chi connectivity index (χ3v) is 7.10. The van der Waals surface area contributed by atoms with Crippen molar-refractivity contribution in [1.29, 1.82) is 0 Å². The number of nitrogens with zero attached hydrogens (tertiary/aromatic N) is 2. The molecule has 3 N–H and O–H groups in total. The molecule has 6 nitrogen and oxygen atoms in total. The summed E-state index contributed by atoms with van der Waals surface area (Å²) >= 11 is 7.39. The SMILES string of the molecule is CN(Cc1ccccc1)C(=O)[C@@H]1C[C@@H](O)[C@H](O)[C@H]2N=C(Nc3ccc(Cl)cc3)S[C@@H]21. The Morgan fingerprint density at radius 3 is 2.60 bits per heavy atom. The number of anilines is 1. The van der Waals surface area contributed by atoms with Crippen molar-refractivity contribution < 1.29 is 15.0 Å². The zero-order valence-corrected chi connectivity index (χ0v) is 18.1. The smallest absolute Gasteiger partial charge is 0.227 e. The largest absolute Gasteiger partial charge is 0.390 e. The lowest BCUT2D eigenvalue weighted by atomic mass is 9.80. The van der Waals surface area contributed by atoms with Gasteiger partial charge in [-0.15, -0.1) is 0 Å². The molecule has 4 rings (SSSR count). The Hall–Kier alpha value is -2.06. The molecule has 1 amide bonds. The highest BCUT2D eigenvalue weighted by Gasteiger charge is 2.50. The van der Waals surface area contributed by atoms with E-state index in [-0.39, 0.29) is 17.6 Å². The fourth-order valence-electron chi connectivity index (χ4n) is 3.97. The molecule has 1 fully saturated rings. The highest BCUT2D eigenvalue weighted by atomic mass is 35.5. The molecule has 0 aromatic heterocycles. The number of amides is 1. The number of carbonyl (C=O) groups excluding carboxylic acids is 1. The van der Waals surface area contributed by atoms with Crippen LogP contribution >= 0.6 is 23.4 Å². The van der Waals surface area contributed by atoms with Gasteiger partial charge < -0.3 is 20.4 Å². The van der Waals surface area contributed by atoms with Gasteiger partial charge in [0.05, 0.1) is 18.1 Å². The second kappa shape index (κ2) is 8.98. The number of benzene rings is 2. The topological polar surface area (TPSA) is 85.2 Å². The maximum atomic E-state index is 13.2. The van der Waals surface area contributed by atoms with Crippen LogP contribution in [0, 0.1) is 5.92 Å². The summed E-state index contributed by atoms with van der Waals surface area (Å²) in [6, 6.07) is 16.5. The molecule has 1 saturated carbocycles. The zero-order chi connectivity index (χ0) is 21.3. The first-order valence-electron chi connectivity index (χ1n) is 9.84. The van der Waals surface area contributed by atoms with Gasteiger partial charge in [0.15, 0.2) is 5.17 Å². The van der Waals surface area contributed by atoms with E-state index in [9.17, 15) is 15.0 Å². The van der Waals surface area contributed by atoms with Crippen LogP contribution in [0.1, 0.15) is 12.0 Å². The van der Waals surface area contributed by atoms with E-state index in [0.717, 1.165) is 11.3 Å². The first-order valence-corrected chi connectivity index (χ1v) is 11.1. The van der Waals surface area contributed by atoms with Gasteiger partial charge in [-0.25, -0.2) is 0 Å². The number of aliphatic hydroxyl groups is 2. The molecular formula is C22H24ClN3O3S. The molecule has 0 radical (unpaired) electrons. The van der Waals surface area contributed by atoms with Crippen LogP contribution in [0.15, 0.2) is 59.6 Å². The van der Waals surface area contributed by atoms with Crippen molar-refractivity contribution in [3.05, 3.63) is 65.2 Å². The van der Waals surface area contributed by atoms with Gasteiger partial charge in [-0.3, -0.25) is 9.79 Å². The summed E-state index contributed by atoms with van der Waals surface area (Å²) in [7, 11) is 1.77. The highest BCUT2D eigenvalue weighted by Crippen LogP contribution is 2.42. The number of aliphatic hydroxyl groups excluding tert-OH is 2. The fourth-order valence-corrected chi connectivity index (χ4v) is 5.46. The van der Waals surface area contributed by atoms with Gasteiger partial charge in [0.2, 0.25) is 5.91 Å². The van der Waals surface area contributed by atoms with Crippen molar-refractivity contribution in [2.45, 2.75) is 36.5 Å². The first-order chi connectivity index (χ1) is 14.4. The molecule has 158 valence electrons. The molecule has 8 heteroatoms. The van der Waals surface area contributed by atoms with Gasteiger partial charge in [-0.1, -0.05) is 53.7 Å². The van der Waals surface area contributed by atoms with E-state index in [4.69, 9.17) is 11.6 Å². The Bertz CT molecular complexity index is 925.